The Balaban J connectivity index is 1.19. The molecule has 0 unspecified atom stereocenters. The van der Waals surface area contributed by atoms with E-state index in [4.69, 9.17) is 16.2 Å². The van der Waals surface area contributed by atoms with Crippen LogP contribution >= 0.6 is 11.3 Å². The van der Waals surface area contributed by atoms with Crippen LogP contribution in [0.4, 0.5) is 16.2 Å². The van der Waals surface area contributed by atoms with Crippen molar-refractivity contribution in [3.63, 3.8) is 0 Å². The molecule has 1 fully saturated rings. The molecule has 0 bridgehead atoms. The number of hydrogen-bond donors (Lipinski definition) is 4. The minimum atomic E-state index is -0.381. The van der Waals surface area contributed by atoms with Gasteiger partial charge in [0.1, 0.15) is 11.9 Å². The van der Waals surface area contributed by atoms with Crippen molar-refractivity contribution in [3.8, 4) is 0 Å². The highest BCUT2D eigenvalue weighted by molar-refractivity contribution is 7.13. The van der Waals surface area contributed by atoms with Crippen molar-refractivity contribution in [3.05, 3.63) is 50.7 Å². The van der Waals surface area contributed by atoms with Gasteiger partial charge in [-0.1, -0.05) is 13.0 Å². The van der Waals surface area contributed by atoms with Crippen molar-refractivity contribution in [2.24, 2.45) is 16.5 Å². The molecule has 0 spiro atoms. The van der Waals surface area contributed by atoms with Crippen LogP contribution in [0.2, 0.25) is 0 Å². The molecule has 236 valence electrons. The number of nitrogens with two attached hydrogens (primary N) is 2. The smallest absolute Gasteiger partial charge is 0.407 e. The molecule has 3 aliphatic rings. The third-order valence-corrected chi connectivity index (χ3v) is 9.07. The number of amides is 3. The molecule has 11 nitrogen and oxygen atoms in total. The van der Waals surface area contributed by atoms with Crippen molar-refractivity contribution in [1.29, 1.82) is 0 Å². The number of anilines is 1. The summed E-state index contributed by atoms with van der Waals surface area (Å²) in [5.41, 5.74) is 16.4. The maximum absolute atomic E-state index is 13.7. The van der Waals surface area contributed by atoms with Crippen LogP contribution in [0.15, 0.2) is 34.8 Å². The molecule has 1 aromatic carbocycles. The Bertz CT molecular complexity index is 1430. The fourth-order valence-electron chi connectivity index (χ4n) is 5.61. The number of nitrogens with one attached hydrogen (secondary N) is 2. The van der Waals surface area contributed by atoms with Crippen LogP contribution in [0, 0.1) is 0 Å². The number of ether oxygens (including phenoxy) is 1. The van der Waals surface area contributed by atoms with Crippen molar-refractivity contribution in [2.75, 3.05) is 31.5 Å². The van der Waals surface area contributed by atoms with Crippen molar-refractivity contribution in [2.45, 2.75) is 77.6 Å². The number of amidine groups is 1. The summed E-state index contributed by atoms with van der Waals surface area (Å²) in [4.78, 5) is 48.5. The first-order valence-electron chi connectivity index (χ1n) is 15.6. The number of carbonyl (C=O) groups excluding carboxylic acids is 3. The summed E-state index contributed by atoms with van der Waals surface area (Å²) in [6.07, 6.45) is 6.66. The number of benzene rings is 1. The van der Waals surface area contributed by atoms with E-state index in [2.05, 4.69) is 32.7 Å². The molecule has 12 heteroatoms. The first-order chi connectivity index (χ1) is 21.3. The van der Waals surface area contributed by atoms with Crippen LogP contribution in [0.5, 0.6) is 0 Å². The van der Waals surface area contributed by atoms with Crippen LogP contribution in [0.1, 0.15) is 72.8 Å². The lowest BCUT2D eigenvalue weighted by molar-refractivity contribution is -0.127. The van der Waals surface area contributed by atoms with Gasteiger partial charge in [0.15, 0.2) is 0 Å². The molecule has 0 atom stereocenters. The largest absolute Gasteiger partial charge is 0.446 e. The Morgan fingerprint density at radius 2 is 1.98 bits per heavy atom. The Hall–Kier alpha value is -3.74. The highest BCUT2D eigenvalue weighted by Crippen LogP contribution is 2.37. The Kier molecular flexibility index (Phi) is 10.7. The quantitative estimate of drug-likeness (QED) is 0.244. The van der Waals surface area contributed by atoms with E-state index in [-0.39, 0.29) is 24.0 Å². The molecule has 2 aliphatic heterocycles. The van der Waals surface area contributed by atoms with Gasteiger partial charge in [0.2, 0.25) is 11.8 Å². The SMILES string of the molecule is CCCN(CCCNC(=O)OC1CCC1)C(=O)C1=Cc2sc(CN3Cc4ccc(NC(=O)CCN)cc4C3)cc2N=C(N)C1. The standard InChI is InChI=1S/C32H43N7O4S/c1-2-12-39(13-4-11-35-32(42)43-25-5-3-6-25)31(41)22-15-28-27(37-29(34)16-22)17-26(44-28)20-38-18-21-7-8-24(14-23(21)19-38)36-30(40)9-10-33/h7-8,14-15,17,25H,2-6,9-13,16,18-20,33H2,1H3,(H2,34,37)(H,35,42)(H,36,40). The van der Waals surface area contributed by atoms with E-state index >= 15 is 0 Å². The summed E-state index contributed by atoms with van der Waals surface area (Å²) in [5, 5.41) is 5.72. The molecule has 44 heavy (non-hydrogen) atoms. The molecule has 1 aliphatic carbocycles. The van der Waals surface area contributed by atoms with Crippen LogP contribution in [0.3, 0.4) is 0 Å². The summed E-state index contributed by atoms with van der Waals surface area (Å²) < 4.78 is 5.34. The van der Waals surface area contributed by atoms with E-state index in [0.717, 1.165) is 66.4 Å². The lowest BCUT2D eigenvalue weighted by Crippen LogP contribution is -2.37. The summed E-state index contributed by atoms with van der Waals surface area (Å²) in [6.45, 7) is 6.31. The zero-order valence-electron chi connectivity index (χ0n) is 25.4. The van der Waals surface area contributed by atoms with Gasteiger partial charge in [0.05, 0.1) is 10.6 Å². The van der Waals surface area contributed by atoms with Gasteiger partial charge in [0, 0.05) is 74.8 Å². The van der Waals surface area contributed by atoms with Crippen molar-refractivity contribution >= 4 is 52.5 Å². The maximum Gasteiger partial charge on any atom is 0.407 e. The second kappa shape index (κ2) is 14.8. The summed E-state index contributed by atoms with van der Waals surface area (Å²) >= 11 is 1.63. The highest BCUT2D eigenvalue weighted by Gasteiger charge is 2.25. The average Bonchev–Trinajstić information content (AvgIpc) is 3.49. The minimum Gasteiger partial charge on any atom is -0.446 e. The first-order valence-corrected chi connectivity index (χ1v) is 16.4. The van der Waals surface area contributed by atoms with Crippen molar-refractivity contribution in [1.82, 2.24) is 15.1 Å². The molecule has 3 heterocycles. The van der Waals surface area contributed by atoms with Gasteiger partial charge in [0.25, 0.3) is 0 Å². The Morgan fingerprint density at radius 3 is 2.73 bits per heavy atom. The van der Waals surface area contributed by atoms with Crippen LogP contribution < -0.4 is 22.1 Å². The molecule has 1 aromatic heterocycles. The topological polar surface area (TPSA) is 155 Å². The summed E-state index contributed by atoms with van der Waals surface area (Å²) in [5.74, 6) is 0.292. The number of alkyl carbamates (subject to hydrolysis) is 1. The van der Waals surface area contributed by atoms with E-state index in [1.165, 1.54) is 11.1 Å². The van der Waals surface area contributed by atoms with Gasteiger partial charge in [-0.3, -0.25) is 14.5 Å². The molecular weight excluding hydrogens is 578 g/mol. The Labute approximate surface area is 262 Å². The second-order valence-electron chi connectivity index (χ2n) is 11.7. The van der Waals surface area contributed by atoms with Crippen LogP contribution in [-0.4, -0.2) is 65.8 Å². The number of thiophene rings is 1. The molecule has 3 amide bonds. The summed E-state index contributed by atoms with van der Waals surface area (Å²) in [6, 6.07) is 8.11. The molecular formula is C32H43N7O4S. The lowest BCUT2D eigenvalue weighted by atomic mass is 9.96. The van der Waals surface area contributed by atoms with Crippen LogP contribution in [-0.2, 0) is 34.0 Å². The van der Waals surface area contributed by atoms with E-state index in [9.17, 15) is 14.4 Å². The number of hydrogen-bond acceptors (Lipinski definition) is 9. The number of nitrogens with zero attached hydrogens (tertiary/aromatic N) is 3. The van der Waals surface area contributed by atoms with Gasteiger partial charge in [-0.25, -0.2) is 9.79 Å². The average molecular weight is 622 g/mol. The molecule has 6 N–H and O–H groups in total. The molecule has 1 saturated carbocycles. The normalized spacial score (nSPS) is 16.1. The van der Waals surface area contributed by atoms with Gasteiger partial charge in [-0.15, -0.1) is 11.3 Å². The van der Waals surface area contributed by atoms with Crippen LogP contribution in [0.25, 0.3) is 6.08 Å². The van der Waals surface area contributed by atoms with Gasteiger partial charge in [-0.2, -0.15) is 0 Å². The molecule has 5 rings (SSSR count). The maximum atomic E-state index is 13.7. The number of rotatable bonds is 13. The number of fused-ring (bicyclic) bond motifs is 2. The highest BCUT2D eigenvalue weighted by atomic mass is 32.1. The fraction of sp³-hybridized carbons (Fsp3) is 0.500. The molecule has 2 aromatic rings. The van der Waals surface area contributed by atoms with E-state index in [0.29, 0.717) is 56.9 Å². The van der Waals surface area contributed by atoms with Crippen molar-refractivity contribution < 1.29 is 19.1 Å². The monoisotopic (exact) mass is 621 g/mol. The van der Waals surface area contributed by atoms with Gasteiger partial charge < -0.3 is 31.7 Å². The van der Waals surface area contributed by atoms with E-state index < -0.39 is 0 Å². The van der Waals surface area contributed by atoms with E-state index in [1.54, 1.807) is 11.3 Å². The summed E-state index contributed by atoms with van der Waals surface area (Å²) in [7, 11) is 0. The fourth-order valence-corrected chi connectivity index (χ4v) is 6.72. The van der Waals surface area contributed by atoms with E-state index in [1.807, 2.05) is 30.0 Å². The number of aliphatic imine (C=N–C) groups is 1. The molecule has 0 radical (unpaired) electrons. The van der Waals surface area contributed by atoms with Gasteiger partial charge >= 0.3 is 6.09 Å². The zero-order valence-corrected chi connectivity index (χ0v) is 26.2. The zero-order chi connectivity index (χ0) is 31.1. The Morgan fingerprint density at radius 1 is 1.16 bits per heavy atom. The molecule has 0 saturated heterocycles. The number of carbonyl (C=O) groups is 3. The lowest BCUT2D eigenvalue weighted by Gasteiger charge is -2.25. The third kappa shape index (κ3) is 8.25. The minimum absolute atomic E-state index is 0.0470. The van der Waals surface area contributed by atoms with Gasteiger partial charge in [-0.05, 0) is 67.5 Å². The third-order valence-electron chi connectivity index (χ3n) is 8.02. The predicted molar refractivity (Wildman–Crippen MR) is 174 cm³/mol. The second-order valence-corrected chi connectivity index (χ2v) is 12.8. The first kappa shape index (κ1) is 31.7. The predicted octanol–water partition coefficient (Wildman–Crippen LogP) is 4.23.